The van der Waals surface area contributed by atoms with Crippen LogP contribution in [0.1, 0.15) is 28.9 Å². The molecule has 1 saturated heterocycles. The molecule has 1 N–H and O–H groups in total. The van der Waals surface area contributed by atoms with Crippen LogP contribution in [0, 0.1) is 18.8 Å². The van der Waals surface area contributed by atoms with Crippen molar-refractivity contribution in [3.05, 3.63) is 35.5 Å². The first-order valence-corrected chi connectivity index (χ1v) is 8.66. The van der Waals surface area contributed by atoms with Crippen molar-refractivity contribution in [2.24, 2.45) is 18.9 Å². The van der Waals surface area contributed by atoms with Crippen molar-refractivity contribution in [1.82, 2.24) is 14.8 Å². The molecule has 0 unspecified atom stereocenters. The Morgan fingerprint density at radius 2 is 1.96 bits per heavy atom. The van der Waals surface area contributed by atoms with E-state index in [-0.39, 0.29) is 17.7 Å². The van der Waals surface area contributed by atoms with Gasteiger partial charge in [0, 0.05) is 37.6 Å². The van der Waals surface area contributed by atoms with Crippen LogP contribution in [-0.2, 0) is 11.8 Å². The lowest BCUT2D eigenvalue weighted by molar-refractivity contribution is -0.129. The number of carbonyl (C=O) groups is 2. The van der Waals surface area contributed by atoms with Gasteiger partial charge in [-0.25, -0.2) is 0 Å². The summed E-state index contributed by atoms with van der Waals surface area (Å²) in [4.78, 5) is 26.5. The molecule has 24 heavy (non-hydrogen) atoms. The highest BCUT2D eigenvalue weighted by molar-refractivity contribution is 6.00. The minimum Gasteiger partial charge on any atom is -0.355 e. The van der Waals surface area contributed by atoms with E-state index < -0.39 is 0 Å². The second-order valence-corrected chi connectivity index (χ2v) is 7.25. The van der Waals surface area contributed by atoms with Gasteiger partial charge in [-0.1, -0.05) is 11.6 Å². The third-order valence-electron chi connectivity index (χ3n) is 5.22. The predicted octanol–water partition coefficient (Wildman–Crippen LogP) is 2.08. The average molecular weight is 325 g/mol. The fourth-order valence-corrected chi connectivity index (χ4v) is 3.36. The van der Waals surface area contributed by atoms with Gasteiger partial charge in [-0.15, -0.1) is 0 Å². The van der Waals surface area contributed by atoms with Gasteiger partial charge >= 0.3 is 0 Å². The molecule has 1 aliphatic carbocycles. The first kappa shape index (κ1) is 15.2. The summed E-state index contributed by atoms with van der Waals surface area (Å²) in [5.41, 5.74) is 2.93. The van der Waals surface area contributed by atoms with Crippen LogP contribution in [0.3, 0.4) is 0 Å². The monoisotopic (exact) mass is 325 g/mol. The van der Waals surface area contributed by atoms with Crippen LogP contribution in [0.4, 0.5) is 0 Å². The van der Waals surface area contributed by atoms with Gasteiger partial charge in [0.15, 0.2) is 0 Å². The van der Waals surface area contributed by atoms with E-state index in [2.05, 4.69) is 17.4 Å². The Bertz CT molecular complexity index is 813. The van der Waals surface area contributed by atoms with Crippen molar-refractivity contribution < 1.29 is 9.59 Å². The van der Waals surface area contributed by atoms with E-state index in [0.717, 1.165) is 17.4 Å². The van der Waals surface area contributed by atoms with Crippen molar-refractivity contribution in [2.45, 2.75) is 19.8 Å². The number of nitrogens with one attached hydrogen (secondary N) is 1. The molecule has 0 atom stereocenters. The van der Waals surface area contributed by atoms with Crippen LogP contribution in [0.5, 0.6) is 0 Å². The standard InChI is InChI=1S/C19H23N3O2/c1-12-3-6-16-14(7-12)8-17(21(16)2)19(24)22-10-15(11-22)18(23)20-9-13-4-5-13/h3,6-8,13,15H,4-5,9-11H2,1-2H3,(H,20,23). The van der Waals surface area contributed by atoms with Gasteiger partial charge in [-0.05, 0) is 43.9 Å². The smallest absolute Gasteiger partial charge is 0.270 e. The van der Waals surface area contributed by atoms with E-state index in [1.165, 1.54) is 18.4 Å². The highest BCUT2D eigenvalue weighted by Crippen LogP contribution is 2.28. The van der Waals surface area contributed by atoms with Gasteiger partial charge in [0.05, 0.1) is 5.92 Å². The van der Waals surface area contributed by atoms with Crippen molar-refractivity contribution in [3.63, 3.8) is 0 Å². The minimum atomic E-state index is -0.0513. The van der Waals surface area contributed by atoms with Crippen LogP contribution in [0.15, 0.2) is 24.3 Å². The van der Waals surface area contributed by atoms with Gasteiger partial charge < -0.3 is 14.8 Å². The number of benzene rings is 1. The SMILES string of the molecule is Cc1ccc2c(c1)cc(C(=O)N1CC(C(=O)NCC3CC3)C1)n2C. The average Bonchev–Trinajstić information content (AvgIpc) is 3.27. The molecule has 126 valence electrons. The Hall–Kier alpha value is -2.30. The molecule has 1 aromatic carbocycles. The maximum absolute atomic E-state index is 12.7. The molecule has 1 aromatic heterocycles. The molecule has 4 rings (SSSR count). The third-order valence-corrected chi connectivity index (χ3v) is 5.22. The first-order chi connectivity index (χ1) is 11.5. The third kappa shape index (κ3) is 2.68. The molecule has 1 saturated carbocycles. The van der Waals surface area contributed by atoms with E-state index in [1.807, 2.05) is 30.7 Å². The lowest BCUT2D eigenvalue weighted by Crippen LogP contribution is -2.56. The van der Waals surface area contributed by atoms with E-state index in [9.17, 15) is 9.59 Å². The van der Waals surface area contributed by atoms with Gasteiger partial charge in [-0.3, -0.25) is 9.59 Å². The lowest BCUT2D eigenvalue weighted by atomic mass is 9.98. The number of aromatic nitrogens is 1. The molecule has 0 bridgehead atoms. The number of fused-ring (bicyclic) bond motifs is 1. The Balaban J connectivity index is 1.42. The quantitative estimate of drug-likeness (QED) is 0.936. The Morgan fingerprint density at radius 1 is 1.21 bits per heavy atom. The van der Waals surface area contributed by atoms with Crippen molar-refractivity contribution in [1.29, 1.82) is 0 Å². The van der Waals surface area contributed by atoms with E-state index in [0.29, 0.717) is 24.7 Å². The number of hydrogen-bond donors (Lipinski definition) is 1. The number of rotatable bonds is 4. The summed E-state index contributed by atoms with van der Waals surface area (Å²) in [7, 11) is 1.92. The number of amides is 2. The maximum atomic E-state index is 12.7. The van der Waals surface area contributed by atoms with E-state index in [4.69, 9.17) is 0 Å². The number of nitrogens with zero attached hydrogens (tertiary/aromatic N) is 2. The molecule has 1 aliphatic heterocycles. The lowest BCUT2D eigenvalue weighted by Gasteiger charge is -2.38. The fraction of sp³-hybridized carbons (Fsp3) is 0.474. The molecule has 2 amide bonds. The van der Waals surface area contributed by atoms with Crippen molar-refractivity contribution in [3.8, 4) is 0 Å². The van der Waals surface area contributed by atoms with Crippen molar-refractivity contribution >= 4 is 22.7 Å². The summed E-state index contributed by atoms with van der Waals surface area (Å²) in [6, 6.07) is 8.15. The Kier molecular flexibility index (Phi) is 3.59. The number of carbonyl (C=O) groups excluding carboxylic acids is 2. The molecule has 2 fully saturated rings. The highest BCUT2D eigenvalue weighted by Gasteiger charge is 2.37. The number of aryl methyl sites for hydroxylation is 2. The molecule has 2 heterocycles. The minimum absolute atomic E-state index is 0.0117. The van der Waals surface area contributed by atoms with Crippen LogP contribution >= 0.6 is 0 Å². The zero-order valence-corrected chi connectivity index (χ0v) is 14.2. The van der Waals surface area contributed by atoms with Gasteiger partial charge in [-0.2, -0.15) is 0 Å². The summed E-state index contributed by atoms with van der Waals surface area (Å²) in [6.07, 6.45) is 2.46. The summed E-state index contributed by atoms with van der Waals surface area (Å²) in [5, 5.41) is 4.09. The Labute approximate surface area is 141 Å². The summed E-state index contributed by atoms with van der Waals surface area (Å²) >= 11 is 0. The second-order valence-electron chi connectivity index (χ2n) is 7.25. The molecule has 0 spiro atoms. The summed E-state index contributed by atoms with van der Waals surface area (Å²) < 4.78 is 1.94. The van der Waals surface area contributed by atoms with Gasteiger partial charge in [0.2, 0.25) is 5.91 Å². The number of hydrogen-bond acceptors (Lipinski definition) is 2. The molecule has 0 radical (unpaired) electrons. The molecular formula is C19H23N3O2. The van der Waals surface area contributed by atoms with Gasteiger partial charge in [0.25, 0.3) is 5.91 Å². The fourth-order valence-electron chi connectivity index (χ4n) is 3.36. The van der Waals surface area contributed by atoms with Crippen molar-refractivity contribution in [2.75, 3.05) is 19.6 Å². The molecule has 5 heteroatoms. The zero-order chi connectivity index (χ0) is 16.8. The van der Waals surface area contributed by atoms with Gasteiger partial charge in [0.1, 0.15) is 5.69 Å². The highest BCUT2D eigenvalue weighted by atomic mass is 16.2. The predicted molar refractivity (Wildman–Crippen MR) is 92.8 cm³/mol. The van der Waals surface area contributed by atoms with Crippen LogP contribution in [0.2, 0.25) is 0 Å². The van der Waals surface area contributed by atoms with Crippen LogP contribution < -0.4 is 5.32 Å². The molecule has 2 aromatic rings. The Morgan fingerprint density at radius 3 is 2.67 bits per heavy atom. The molecular weight excluding hydrogens is 302 g/mol. The van der Waals surface area contributed by atoms with Crippen LogP contribution in [-0.4, -0.2) is 40.9 Å². The van der Waals surface area contributed by atoms with E-state index in [1.54, 1.807) is 4.90 Å². The summed E-state index contributed by atoms with van der Waals surface area (Å²) in [5.74, 6) is 0.742. The topological polar surface area (TPSA) is 54.3 Å². The largest absolute Gasteiger partial charge is 0.355 e. The van der Waals surface area contributed by atoms with Crippen LogP contribution in [0.25, 0.3) is 10.9 Å². The molecule has 2 aliphatic rings. The maximum Gasteiger partial charge on any atom is 0.270 e. The summed E-state index contributed by atoms with van der Waals surface area (Å²) in [6.45, 7) is 3.89. The second kappa shape index (κ2) is 5.65. The molecule has 5 nitrogen and oxygen atoms in total. The normalized spacial score (nSPS) is 17.8. The first-order valence-electron chi connectivity index (χ1n) is 8.66. The zero-order valence-electron chi connectivity index (χ0n) is 14.2. The van der Waals surface area contributed by atoms with E-state index >= 15 is 0 Å². The number of likely N-dealkylation sites (tertiary alicyclic amines) is 1.